The molecule has 2 amide bonds. The van der Waals surface area contributed by atoms with E-state index >= 15 is 0 Å². The van der Waals surface area contributed by atoms with Gasteiger partial charge in [0, 0.05) is 16.1 Å². The largest absolute Gasteiger partial charge is 0.293 e. The molecule has 4 heteroatoms. The number of hydrogen-bond donors (Lipinski definition) is 1. The summed E-state index contributed by atoms with van der Waals surface area (Å²) < 4.78 is 0.966. The fourth-order valence-corrected chi connectivity index (χ4v) is 1.40. The van der Waals surface area contributed by atoms with E-state index in [1.54, 1.807) is 18.2 Å². The Morgan fingerprint density at radius 3 is 2.62 bits per heavy atom. The van der Waals surface area contributed by atoms with Crippen molar-refractivity contribution in [3.05, 3.63) is 33.4 Å². The monoisotopic (exact) mass is 289 g/mol. The number of halogens is 1. The van der Waals surface area contributed by atoms with Crippen molar-refractivity contribution in [2.75, 3.05) is 0 Å². The summed E-state index contributed by atoms with van der Waals surface area (Å²) in [6.45, 7) is 1.31. The van der Waals surface area contributed by atoms with E-state index in [9.17, 15) is 9.59 Å². The van der Waals surface area contributed by atoms with E-state index in [0.717, 1.165) is 3.57 Å². The molecule has 0 saturated heterocycles. The lowest BCUT2D eigenvalue weighted by molar-refractivity contribution is -0.118. The van der Waals surface area contributed by atoms with Gasteiger partial charge in [0.15, 0.2) is 0 Å². The summed E-state index contributed by atoms with van der Waals surface area (Å²) >= 11 is 2.11. The topological polar surface area (TPSA) is 46.2 Å². The molecule has 0 atom stereocenters. The van der Waals surface area contributed by atoms with E-state index in [4.69, 9.17) is 0 Å². The molecule has 0 fully saturated rings. The molecule has 1 aromatic rings. The molecule has 0 unspecified atom stereocenters. The molecule has 0 saturated carbocycles. The van der Waals surface area contributed by atoms with Gasteiger partial charge in [-0.25, -0.2) is 0 Å². The minimum Gasteiger partial charge on any atom is -0.293 e. The van der Waals surface area contributed by atoms with Crippen LogP contribution in [0.1, 0.15) is 17.3 Å². The first-order valence-electron chi connectivity index (χ1n) is 3.67. The molecule has 13 heavy (non-hydrogen) atoms. The molecule has 0 heterocycles. The molecule has 0 aliphatic rings. The van der Waals surface area contributed by atoms with Crippen molar-refractivity contribution in [2.24, 2.45) is 0 Å². The average molecular weight is 289 g/mol. The van der Waals surface area contributed by atoms with E-state index in [-0.39, 0.29) is 11.8 Å². The number of rotatable bonds is 1. The summed E-state index contributed by atoms with van der Waals surface area (Å²) in [5, 5.41) is 2.21. The maximum absolute atomic E-state index is 11.3. The van der Waals surface area contributed by atoms with Crippen molar-refractivity contribution in [1.29, 1.82) is 0 Å². The molecule has 68 valence electrons. The zero-order valence-corrected chi connectivity index (χ0v) is 9.16. The maximum Gasteiger partial charge on any atom is 0.257 e. The van der Waals surface area contributed by atoms with Gasteiger partial charge in [-0.05, 0) is 40.8 Å². The van der Waals surface area contributed by atoms with Crippen molar-refractivity contribution < 1.29 is 9.59 Å². The van der Waals surface area contributed by atoms with Crippen molar-refractivity contribution in [1.82, 2.24) is 5.32 Å². The summed E-state index contributed by atoms with van der Waals surface area (Å²) in [6.07, 6.45) is 0. The van der Waals surface area contributed by atoms with Crippen LogP contribution in [0.5, 0.6) is 0 Å². The SMILES string of the molecule is CC(=O)NC(=O)c1cccc(I)c1. The first-order chi connectivity index (χ1) is 6.09. The molecule has 0 radical (unpaired) electrons. The van der Waals surface area contributed by atoms with Gasteiger partial charge in [0.05, 0.1) is 0 Å². The minimum absolute atomic E-state index is 0.344. The molecule has 1 rings (SSSR count). The molecule has 0 aliphatic heterocycles. The number of nitrogens with one attached hydrogen (secondary N) is 1. The Balaban J connectivity index is 2.83. The molecule has 1 aromatic carbocycles. The number of benzene rings is 1. The van der Waals surface area contributed by atoms with Crippen LogP contribution < -0.4 is 5.32 Å². The second kappa shape index (κ2) is 4.36. The van der Waals surface area contributed by atoms with Crippen LogP contribution in [-0.2, 0) is 4.79 Å². The van der Waals surface area contributed by atoms with Crippen molar-refractivity contribution in [3.8, 4) is 0 Å². The Bertz CT molecular complexity index is 349. The quantitative estimate of drug-likeness (QED) is 0.798. The standard InChI is InChI=1S/C9H8INO2/c1-6(12)11-9(13)7-3-2-4-8(10)5-7/h2-5H,1H3,(H,11,12,13). The number of carbonyl (C=O) groups excluding carboxylic acids is 2. The van der Waals surface area contributed by atoms with Gasteiger partial charge in [0.1, 0.15) is 0 Å². The Hall–Kier alpha value is -0.910. The Labute approximate surface area is 89.7 Å². The zero-order chi connectivity index (χ0) is 9.84. The molecule has 3 nitrogen and oxygen atoms in total. The number of hydrogen-bond acceptors (Lipinski definition) is 2. The van der Waals surface area contributed by atoms with Crippen molar-refractivity contribution in [3.63, 3.8) is 0 Å². The van der Waals surface area contributed by atoms with Gasteiger partial charge in [0.2, 0.25) is 5.91 Å². The summed E-state index contributed by atoms with van der Waals surface area (Å²) in [7, 11) is 0. The summed E-state index contributed by atoms with van der Waals surface area (Å²) in [5.74, 6) is -0.699. The van der Waals surface area contributed by atoms with Gasteiger partial charge >= 0.3 is 0 Å². The highest BCUT2D eigenvalue weighted by Gasteiger charge is 2.06. The number of imide groups is 1. The maximum atomic E-state index is 11.3. The second-order valence-corrected chi connectivity index (χ2v) is 3.77. The van der Waals surface area contributed by atoms with Gasteiger partial charge < -0.3 is 0 Å². The predicted octanol–water partition coefficient (Wildman–Crippen LogP) is 1.57. The van der Waals surface area contributed by atoms with E-state index in [1.165, 1.54) is 6.92 Å². The zero-order valence-electron chi connectivity index (χ0n) is 7.00. The molecular weight excluding hydrogens is 281 g/mol. The lowest BCUT2D eigenvalue weighted by atomic mass is 10.2. The fraction of sp³-hybridized carbons (Fsp3) is 0.111. The Kier molecular flexibility index (Phi) is 3.41. The highest BCUT2D eigenvalue weighted by atomic mass is 127. The molecule has 0 bridgehead atoms. The van der Waals surface area contributed by atoms with Gasteiger partial charge in [-0.1, -0.05) is 6.07 Å². The van der Waals surface area contributed by atoms with Gasteiger partial charge in [-0.3, -0.25) is 14.9 Å². The van der Waals surface area contributed by atoms with E-state index < -0.39 is 0 Å². The van der Waals surface area contributed by atoms with Crippen LogP contribution in [0, 0.1) is 3.57 Å². The van der Waals surface area contributed by atoms with Crippen LogP contribution in [0.4, 0.5) is 0 Å². The smallest absolute Gasteiger partial charge is 0.257 e. The highest BCUT2D eigenvalue weighted by Crippen LogP contribution is 2.07. The lowest BCUT2D eigenvalue weighted by Gasteiger charge is -2.00. The summed E-state index contributed by atoms with van der Waals surface area (Å²) in [6, 6.07) is 7.04. The molecule has 0 spiro atoms. The first kappa shape index (κ1) is 10.2. The van der Waals surface area contributed by atoms with Gasteiger partial charge in [-0.15, -0.1) is 0 Å². The Morgan fingerprint density at radius 1 is 1.38 bits per heavy atom. The van der Waals surface area contributed by atoms with Crippen LogP contribution in [0.3, 0.4) is 0 Å². The first-order valence-corrected chi connectivity index (χ1v) is 4.75. The van der Waals surface area contributed by atoms with Gasteiger partial charge in [-0.2, -0.15) is 0 Å². The summed E-state index contributed by atoms with van der Waals surface area (Å²) in [4.78, 5) is 21.9. The van der Waals surface area contributed by atoms with Crippen LogP contribution in [-0.4, -0.2) is 11.8 Å². The van der Waals surface area contributed by atoms with E-state index in [2.05, 4.69) is 27.9 Å². The van der Waals surface area contributed by atoms with E-state index in [1.807, 2.05) is 6.07 Å². The second-order valence-electron chi connectivity index (χ2n) is 2.52. The normalized spacial score (nSPS) is 9.38. The van der Waals surface area contributed by atoms with Crippen LogP contribution >= 0.6 is 22.6 Å². The highest BCUT2D eigenvalue weighted by molar-refractivity contribution is 14.1. The molecule has 0 aromatic heterocycles. The fourth-order valence-electron chi connectivity index (χ4n) is 0.862. The molecular formula is C9H8INO2. The number of carbonyl (C=O) groups is 2. The van der Waals surface area contributed by atoms with Crippen LogP contribution in [0.15, 0.2) is 24.3 Å². The van der Waals surface area contributed by atoms with Crippen molar-refractivity contribution >= 4 is 34.4 Å². The lowest BCUT2D eigenvalue weighted by Crippen LogP contribution is -2.27. The third-order valence-corrected chi connectivity index (χ3v) is 2.05. The molecule has 1 N–H and O–H groups in total. The van der Waals surface area contributed by atoms with Crippen LogP contribution in [0.2, 0.25) is 0 Å². The number of amides is 2. The third kappa shape index (κ3) is 3.14. The van der Waals surface area contributed by atoms with E-state index in [0.29, 0.717) is 5.56 Å². The van der Waals surface area contributed by atoms with Gasteiger partial charge in [0.25, 0.3) is 5.91 Å². The average Bonchev–Trinajstić information content (AvgIpc) is 2.03. The predicted molar refractivity (Wildman–Crippen MR) is 57.3 cm³/mol. The summed E-state index contributed by atoms with van der Waals surface area (Å²) in [5.41, 5.74) is 0.502. The molecule has 0 aliphatic carbocycles. The van der Waals surface area contributed by atoms with Crippen LogP contribution in [0.25, 0.3) is 0 Å². The minimum atomic E-state index is -0.356. The third-order valence-electron chi connectivity index (χ3n) is 1.38. The Morgan fingerprint density at radius 2 is 2.08 bits per heavy atom. The van der Waals surface area contributed by atoms with Crippen molar-refractivity contribution in [2.45, 2.75) is 6.92 Å².